The van der Waals surface area contributed by atoms with Gasteiger partial charge in [-0.05, 0) is 0 Å². The van der Waals surface area contributed by atoms with E-state index in [-0.39, 0.29) is 0 Å². The van der Waals surface area contributed by atoms with E-state index >= 15 is 0 Å². The summed E-state index contributed by atoms with van der Waals surface area (Å²) in [7, 11) is 0. The smallest absolute Gasteiger partial charge is 0.327 e. The molecule has 0 radical (unpaired) electrons. The molecular formula is C6H10O4S2. The SMILES string of the molecule is C=CC(=O)O.C=CC(=O)O.SS. The summed E-state index contributed by atoms with van der Waals surface area (Å²) < 4.78 is 0. The third kappa shape index (κ3) is 61.8. The second kappa shape index (κ2) is 16.6. The number of aliphatic carboxylic acids is 2. The first-order valence-electron chi connectivity index (χ1n) is 2.45. The molecule has 0 saturated carbocycles. The molecule has 0 bridgehead atoms. The highest BCUT2D eigenvalue weighted by Gasteiger charge is 1.73. The van der Waals surface area contributed by atoms with Crippen LogP contribution in [0.15, 0.2) is 25.3 Å². The minimum absolute atomic E-state index is 0.833. The highest BCUT2D eigenvalue weighted by molar-refractivity contribution is 8.59. The van der Waals surface area contributed by atoms with Crippen molar-refractivity contribution in [2.24, 2.45) is 0 Å². The van der Waals surface area contributed by atoms with Crippen LogP contribution in [0.1, 0.15) is 0 Å². The van der Waals surface area contributed by atoms with Gasteiger partial charge in [0, 0.05) is 12.2 Å². The fourth-order valence-corrected chi connectivity index (χ4v) is 0. The molecule has 70 valence electrons. The zero-order valence-corrected chi connectivity index (χ0v) is 7.96. The number of thiol groups is 2. The lowest BCUT2D eigenvalue weighted by Crippen LogP contribution is -1.82. The lowest BCUT2D eigenvalue weighted by Gasteiger charge is -1.64. The Morgan fingerprint density at radius 2 is 1.08 bits per heavy atom. The van der Waals surface area contributed by atoms with Crippen molar-refractivity contribution in [2.45, 2.75) is 0 Å². The Labute approximate surface area is 80.8 Å². The Morgan fingerprint density at radius 3 is 1.08 bits per heavy atom. The van der Waals surface area contributed by atoms with E-state index in [1.54, 1.807) is 0 Å². The maximum absolute atomic E-state index is 9.25. The molecule has 0 aliphatic heterocycles. The lowest BCUT2D eigenvalue weighted by molar-refractivity contribution is -0.132. The Balaban J connectivity index is -0.000000112. The molecule has 0 aromatic rings. The fraction of sp³-hybridized carbons (Fsp3) is 0. The summed E-state index contributed by atoms with van der Waals surface area (Å²) in [4.78, 5) is 18.5. The van der Waals surface area contributed by atoms with Gasteiger partial charge in [-0.3, -0.25) is 0 Å². The summed E-state index contributed by atoms with van der Waals surface area (Å²) in [5.74, 6) is -1.96. The molecule has 0 atom stereocenters. The lowest BCUT2D eigenvalue weighted by atomic mass is 10.7. The van der Waals surface area contributed by atoms with Crippen LogP contribution in [0.2, 0.25) is 0 Å². The molecule has 0 aliphatic carbocycles. The average Bonchev–Trinajstić information content (AvgIpc) is 2.09. The molecule has 0 aromatic heterocycles. The monoisotopic (exact) mass is 210 g/mol. The Bertz CT molecular complexity index is 138. The van der Waals surface area contributed by atoms with Crippen molar-refractivity contribution < 1.29 is 19.8 Å². The normalized spacial score (nSPS) is 5.83. The van der Waals surface area contributed by atoms with Gasteiger partial charge in [-0.1, -0.05) is 13.2 Å². The van der Waals surface area contributed by atoms with E-state index in [9.17, 15) is 9.59 Å². The van der Waals surface area contributed by atoms with E-state index in [2.05, 4.69) is 36.5 Å². The third-order valence-electron chi connectivity index (χ3n) is 0.349. The summed E-state index contributed by atoms with van der Waals surface area (Å²) in [6.45, 7) is 5.92. The largest absolute Gasteiger partial charge is 0.478 e. The zero-order chi connectivity index (χ0) is 10.6. The van der Waals surface area contributed by atoms with Crippen LogP contribution in [0, 0.1) is 0 Å². The molecule has 4 nitrogen and oxygen atoms in total. The van der Waals surface area contributed by atoms with Crippen molar-refractivity contribution in [1.82, 2.24) is 0 Å². The van der Waals surface area contributed by atoms with Gasteiger partial charge in [0.15, 0.2) is 0 Å². The summed E-state index contributed by atoms with van der Waals surface area (Å²) >= 11 is 6.44. The van der Waals surface area contributed by atoms with Crippen LogP contribution in [0.5, 0.6) is 0 Å². The second-order valence-corrected chi connectivity index (χ2v) is 1.08. The first-order valence-corrected chi connectivity index (χ1v) is 4.05. The second-order valence-electron chi connectivity index (χ2n) is 1.08. The van der Waals surface area contributed by atoms with Gasteiger partial charge in [0.2, 0.25) is 0 Å². The Hall–Kier alpha value is -0.880. The molecule has 0 saturated heterocycles. The minimum atomic E-state index is -0.981. The van der Waals surface area contributed by atoms with E-state index in [1.165, 1.54) is 0 Å². The number of hydrogen-bond donors (Lipinski definition) is 4. The molecule has 0 unspecified atom stereocenters. The van der Waals surface area contributed by atoms with Crippen molar-refractivity contribution in [3.63, 3.8) is 0 Å². The third-order valence-corrected chi connectivity index (χ3v) is 0.349. The van der Waals surface area contributed by atoms with E-state index < -0.39 is 11.9 Å². The molecule has 0 rings (SSSR count). The number of hydrogen-bond acceptors (Lipinski definition) is 4. The molecular weight excluding hydrogens is 200 g/mol. The van der Waals surface area contributed by atoms with Crippen LogP contribution in [0.4, 0.5) is 0 Å². The number of carboxylic acid groups (broad SMARTS) is 2. The number of carboxylic acids is 2. The maximum atomic E-state index is 9.25. The first kappa shape index (κ1) is 17.3. The summed E-state index contributed by atoms with van der Waals surface area (Å²) in [6.07, 6.45) is 1.67. The maximum Gasteiger partial charge on any atom is 0.327 e. The molecule has 6 heteroatoms. The average molecular weight is 210 g/mol. The van der Waals surface area contributed by atoms with Crippen LogP contribution in [-0.4, -0.2) is 22.2 Å². The quantitative estimate of drug-likeness (QED) is 0.314. The van der Waals surface area contributed by atoms with Crippen LogP contribution in [0.25, 0.3) is 0 Å². The van der Waals surface area contributed by atoms with Gasteiger partial charge < -0.3 is 10.2 Å². The molecule has 12 heavy (non-hydrogen) atoms. The highest BCUT2D eigenvalue weighted by atomic mass is 33.1. The molecule has 0 spiro atoms. The van der Waals surface area contributed by atoms with Gasteiger partial charge in [0.25, 0.3) is 0 Å². The van der Waals surface area contributed by atoms with Crippen LogP contribution in [-0.2, 0) is 9.59 Å². The van der Waals surface area contributed by atoms with Gasteiger partial charge >= 0.3 is 11.9 Å². The van der Waals surface area contributed by atoms with Crippen LogP contribution < -0.4 is 0 Å². The van der Waals surface area contributed by atoms with E-state index in [1.807, 2.05) is 0 Å². The van der Waals surface area contributed by atoms with Crippen molar-refractivity contribution in [1.29, 1.82) is 0 Å². The van der Waals surface area contributed by atoms with E-state index in [0.29, 0.717) is 0 Å². The van der Waals surface area contributed by atoms with E-state index in [0.717, 1.165) is 12.2 Å². The van der Waals surface area contributed by atoms with Crippen molar-refractivity contribution in [3.05, 3.63) is 25.3 Å². The van der Waals surface area contributed by atoms with Gasteiger partial charge in [0.05, 0.1) is 0 Å². The fourth-order valence-electron chi connectivity index (χ4n) is 0. The molecule has 0 aromatic carbocycles. The predicted octanol–water partition coefficient (Wildman–Crippen LogP) is 1.27. The predicted molar refractivity (Wildman–Crippen MR) is 53.6 cm³/mol. The van der Waals surface area contributed by atoms with Crippen LogP contribution in [0.3, 0.4) is 0 Å². The van der Waals surface area contributed by atoms with Gasteiger partial charge in [-0.2, -0.15) is 0 Å². The molecule has 0 amide bonds. The minimum Gasteiger partial charge on any atom is -0.478 e. The topological polar surface area (TPSA) is 74.6 Å². The summed E-state index contributed by atoms with van der Waals surface area (Å²) in [5.41, 5.74) is 0. The Morgan fingerprint density at radius 1 is 1.00 bits per heavy atom. The van der Waals surface area contributed by atoms with Gasteiger partial charge in [-0.15, -0.1) is 23.3 Å². The van der Waals surface area contributed by atoms with Gasteiger partial charge in [0.1, 0.15) is 0 Å². The number of carbonyl (C=O) groups is 2. The highest BCUT2D eigenvalue weighted by Crippen LogP contribution is 1.65. The Kier molecular flexibility index (Phi) is 23.9. The first-order chi connectivity index (χ1) is 5.54. The van der Waals surface area contributed by atoms with Crippen molar-refractivity contribution >= 4 is 35.3 Å². The zero-order valence-electron chi connectivity index (χ0n) is 6.17. The molecule has 0 fully saturated rings. The number of rotatable bonds is 2. The molecule has 2 N–H and O–H groups in total. The van der Waals surface area contributed by atoms with Crippen LogP contribution >= 0.6 is 23.3 Å². The summed E-state index contributed by atoms with van der Waals surface area (Å²) in [6, 6.07) is 0. The van der Waals surface area contributed by atoms with Gasteiger partial charge in [-0.25, -0.2) is 9.59 Å². The molecule has 0 heterocycles. The van der Waals surface area contributed by atoms with E-state index in [4.69, 9.17) is 10.2 Å². The summed E-state index contributed by atoms with van der Waals surface area (Å²) in [5, 5.41) is 15.2. The molecule has 0 aliphatic rings. The van der Waals surface area contributed by atoms with Crippen molar-refractivity contribution in [3.8, 4) is 0 Å². The van der Waals surface area contributed by atoms with Crippen molar-refractivity contribution in [2.75, 3.05) is 0 Å². The standard InChI is InChI=1S/2C3H4O2.H2S2/c2*1-2-3(4)5;1-2/h2*2H,1H2,(H,4,5);1-2H.